The summed E-state index contributed by atoms with van der Waals surface area (Å²) in [6, 6.07) is 5.69. The summed E-state index contributed by atoms with van der Waals surface area (Å²) in [5.41, 5.74) is 3.36. The Hall–Kier alpha value is -3.29. The number of amides is 2. The maximum Gasteiger partial charge on any atom is 0.261 e. The molecule has 5 rings (SSSR count). The van der Waals surface area contributed by atoms with Gasteiger partial charge in [0.15, 0.2) is 0 Å². The van der Waals surface area contributed by atoms with Gasteiger partial charge in [-0.1, -0.05) is 0 Å². The molecule has 0 unspecified atom stereocenters. The Bertz CT molecular complexity index is 1080. The normalized spacial score (nSPS) is 21.8. The number of pyridine rings is 1. The lowest BCUT2D eigenvalue weighted by Crippen LogP contribution is -2.37. The number of hydrogen-bond acceptors (Lipinski definition) is 6. The third-order valence-corrected chi connectivity index (χ3v) is 6.13. The molecule has 1 saturated heterocycles. The second-order valence-electron chi connectivity index (χ2n) is 9.08. The molecule has 8 nitrogen and oxygen atoms in total. The number of carbonyl (C=O) groups excluding carboxylic acids is 2. The first-order valence-corrected chi connectivity index (χ1v) is 11.2. The molecule has 3 aliphatic heterocycles. The standard InChI is InChI=1S/C24H28N4O4/c1-13(2)32-20-7-14(3)6-19-23(20)24(30)28-11-16(8-17(28)12-31-19)26-21-9-18-15(10-25-21)4-5-22(29)27-18/h6-7,9-10,13,16-17H,4-5,8,11-12H2,1-3H3,(H,25,26)(H,27,29)/t16-,17+/m0/s1. The molecule has 1 aromatic carbocycles. The van der Waals surface area contributed by atoms with Crippen LogP contribution in [0.1, 0.15) is 48.2 Å². The van der Waals surface area contributed by atoms with Crippen molar-refractivity contribution < 1.29 is 19.1 Å². The summed E-state index contributed by atoms with van der Waals surface area (Å²) in [4.78, 5) is 31.6. The summed E-state index contributed by atoms with van der Waals surface area (Å²) in [5, 5.41) is 6.35. The fraction of sp³-hybridized carbons (Fsp3) is 0.458. The van der Waals surface area contributed by atoms with E-state index in [0.717, 1.165) is 23.2 Å². The predicted octanol–water partition coefficient (Wildman–Crippen LogP) is 3.15. The molecule has 2 amide bonds. The summed E-state index contributed by atoms with van der Waals surface area (Å²) in [6.07, 6.45) is 3.72. The third-order valence-electron chi connectivity index (χ3n) is 6.13. The van der Waals surface area contributed by atoms with Crippen LogP contribution in [0.4, 0.5) is 11.5 Å². The molecule has 0 spiro atoms. The number of benzene rings is 1. The van der Waals surface area contributed by atoms with Crippen molar-refractivity contribution in [3.8, 4) is 11.5 Å². The van der Waals surface area contributed by atoms with E-state index in [-0.39, 0.29) is 30.0 Å². The number of nitrogens with zero attached hydrogens (tertiary/aromatic N) is 2. The quantitative estimate of drug-likeness (QED) is 0.765. The highest BCUT2D eigenvalue weighted by molar-refractivity contribution is 6.00. The number of ether oxygens (including phenoxy) is 2. The van der Waals surface area contributed by atoms with Crippen molar-refractivity contribution in [1.82, 2.24) is 9.88 Å². The molecule has 1 aromatic heterocycles. The number of fused-ring (bicyclic) bond motifs is 3. The molecular formula is C24H28N4O4. The Kier molecular flexibility index (Phi) is 5.15. The van der Waals surface area contributed by atoms with Gasteiger partial charge in [-0.15, -0.1) is 0 Å². The van der Waals surface area contributed by atoms with E-state index in [9.17, 15) is 9.59 Å². The molecule has 3 aliphatic rings. The van der Waals surface area contributed by atoms with E-state index in [4.69, 9.17) is 9.47 Å². The van der Waals surface area contributed by atoms with E-state index >= 15 is 0 Å². The van der Waals surface area contributed by atoms with Crippen LogP contribution >= 0.6 is 0 Å². The van der Waals surface area contributed by atoms with Gasteiger partial charge in [-0.05, 0) is 56.9 Å². The molecule has 32 heavy (non-hydrogen) atoms. The topological polar surface area (TPSA) is 92.8 Å². The van der Waals surface area contributed by atoms with Gasteiger partial charge in [0.2, 0.25) is 5.91 Å². The van der Waals surface area contributed by atoms with Crippen LogP contribution in [0.25, 0.3) is 0 Å². The first-order valence-electron chi connectivity index (χ1n) is 11.2. The second-order valence-corrected chi connectivity index (χ2v) is 9.08. The van der Waals surface area contributed by atoms with Gasteiger partial charge in [-0.25, -0.2) is 4.98 Å². The summed E-state index contributed by atoms with van der Waals surface area (Å²) in [6.45, 7) is 6.86. The number of nitrogens with one attached hydrogen (secondary N) is 2. The van der Waals surface area contributed by atoms with Crippen LogP contribution in [0, 0.1) is 6.92 Å². The Labute approximate surface area is 187 Å². The first-order chi connectivity index (χ1) is 15.4. The summed E-state index contributed by atoms with van der Waals surface area (Å²) in [5.74, 6) is 1.83. The Morgan fingerprint density at radius 1 is 1.25 bits per heavy atom. The van der Waals surface area contributed by atoms with Gasteiger partial charge in [-0.3, -0.25) is 9.59 Å². The molecule has 0 radical (unpaired) electrons. The molecule has 4 heterocycles. The second kappa shape index (κ2) is 8.00. The molecule has 168 valence electrons. The van der Waals surface area contributed by atoms with Crippen molar-refractivity contribution in [1.29, 1.82) is 0 Å². The average molecular weight is 437 g/mol. The predicted molar refractivity (Wildman–Crippen MR) is 120 cm³/mol. The summed E-state index contributed by atoms with van der Waals surface area (Å²) >= 11 is 0. The monoisotopic (exact) mass is 436 g/mol. The fourth-order valence-electron chi connectivity index (χ4n) is 4.70. The van der Waals surface area contributed by atoms with E-state index < -0.39 is 0 Å². The molecule has 2 atom stereocenters. The largest absolute Gasteiger partial charge is 0.490 e. The summed E-state index contributed by atoms with van der Waals surface area (Å²) in [7, 11) is 0. The fourth-order valence-corrected chi connectivity index (χ4v) is 4.70. The number of carbonyl (C=O) groups is 2. The number of rotatable bonds is 4. The Balaban J connectivity index is 1.36. The van der Waals surface area contributed by atoms with E-state index in [1.54, 1.807) is 0 Å². The van der Waals surface area contributed by atoms with Crippen LogP contribution in [-0.4, -0.2) is 53.0 Å². The SMILES string of the molecule is Cc1cc2c(c(OC(C)C)c1)C(=O)N1C[C@@H](Nc3cc4c(cn3)CCC(=O)N4)C[C@@H]1CO2. The molecule has 0 bridgehead atoms. The van der Waals surface area contributed by atoms with Gasteiger partial charge in [0, 0.05) is 37.0 Å². The molecule has 2 aromatic rings. The third kappa shape index (κ3) is 3.85. The maximum absolute atomic E-state index is 13.5. The lowest BCUT2D eigenvalue weighted by molar-refractivity contribution is -0.116. The zero-order chi connectivity index (χ0) is 22.4. The van der Waals surface area contributed by atoms with E-state index in [1.165, 1.54) is 0 Å². The van der Waals surface area contributed by atoms with Crippen LogP contribution in [0.15, 0.2) is 24.4 Å². The number of aryl methyl sites for hydroxylation is 2. The minimum Gasteiger partial charge on any atom is -0.490 e. The first kappa shape index (κ1) is 20.6. The van der Waals surface area contributed by atoms with Crippen molar-refractivity contribution in [3.63, 3.8) is 0 Å². The molecule has 0 saturated carbocycles. The number of hydrogen-bond donors (Lipinski definition) is 2. The van der Waals surface area contributed by atoms with Gasteiger partial charge in [0.1, 0.15) is 29.5 Å². The van der Waals surface area contributed by atoms with Gasteiger partial charge in [0.25, 0.3) is 5.91 Å². The van der Waals surface area contributed by atoms with Crippen molar-refractivity contribution >= 4 is 23.3 Å². The van der Waals surface area contributed by atoms with Crippen LogP contribution < -0.4 is 20.1 Å². The molecule has 1 fully saturated rings. The van der Waals surface area contributed by atoms with Gasteiger partial charge in [-0.2, -0.15) is 0 Å². The lowest BCUT2D eigenvalue weighted by Gasteiger charge is -2.22. The van der Waals surface area contributed by atoms with Gasteiger partial charge >= 0.3 is 0 Å². The van der Waals surface area contributed by atoms with Crippen LogP contribution in [0.5, 0.6) is 11.5 Å². The average Bonchev–Trinajstić information content (AvgIpc) is 3.08. The van der Waals surface area contributed by atoms with Crippen LogP contribution in [0.2, 0.25) is 0 Å². The smallest absolute Gasteiger partial charge is 0.261 e. The number of aromatic nitrogens is 1. The van der Waals surface area contributed by atoms with Crippen LogP contribution in [0.3, 0.4) is 0 Å². The Morgan fingerprint density at radius 2 is 2.09 bits per heavy atom. The maximum atomic E-state index is 13.5. The zero-order valence-electron chi connectivity index (χ0n) is 18.6. The zero-order valence-corrected chi connectivity index (χ0v) is 18.6. The highest BCUT2D eigenvalue weighted by Gasteiger charge is 2.40. The van der Waals surface area contributed by atoms with Gasteiger partial charge in [0.05, 0.1) is 12.1 Å². The van der Waals surface area contributed by atoms with Crippen molar-refractivity contribution in [2.75, 3.05) is 23.8 Å². The molecular weight excluding hydrogens is 408 g/mol. The van der Waals surface area contributed by atoms with Crippen LogP contribution in [-0.2, 0) is 11.2 Å². The van der Waals surface area contributed by atoms with E-state index in [0.29, 0.717) is 48.9 Å². The Morgan fingerprint density at radius 3 is 2.91 bits per heavy atom. The molecule has 8 heteroatoms. The summed E-state index contributed by atoms with van der Waals surface area (Å²) < 4.78 is 12.1. The molecule has 0 aliphatic carbocycles. The van der Waals surface area contributed by atoms with Crippen molar-refractivity contribution in [2.45, 2.75) is 58.2 Å². The highest BCUT2D eigenvalue weighted by atomic mass is 16.5. The van der Waals surface area contributed by atoms with Crippen molar-refractivity contribution in [3.05, 3.63) is 41.1 Å². The van der Waals surface area contributed by atoms with E-state index in [1.807, 2.05) is 50.1 Å². The van der Waals surface area contributed by atoms with Gasteiger partial charge < -0.3 is 25.0 Å². The minimum absolute atomic E-state index is 0.0277. The van der Waals surface area contributed by atoms with E-state index in [2.05, 4.69) is 15.6 Å². The van der Waals surface area contributed by atoms with Crippen molar-refractivity contribution in [2.24, 2.45) is 0 Å². The highest BCUT2D eigenvalue weighted by Crippen LogP contribution is 2.37. The minimum atomic E-state index is -0.0619. The molecule has 2 N–H and O–H groups in total. The number of anilines is 2. The lowest BCUT2D eigenvalue weighted by atomic mass is 10.1.